The minimum Gasteiger partial charge on any atom is -0.362 e. The fourth-order valence-electron chi connectivity index (χ4n) is 4.50. The maximum Gasteiger partial charge on any atom is 0.243 e. The zero-order valence-corrected chi connectivity index (χ0v) is 20.3. The van der Waals surface area contributed by atoms with E-state index in [0.717, 1.165) is 36.6 Å². The Balaban J connectivity index is 1.46. The molecule has 0 spiro atoms. The third kappa shape index (κ3) is 4.18. The second kappa shape index (κ2) is 8.59. The lowest BCUT2D eigenvalue weighted by Gasteiger charge is -2.33. The van der Waals surface area contributed by atoms with Crippen molar-refractivity contribution in [3.05, 3.63) is 75.9 Å². The van der Waals surface area contributed by atoms with Crippen molar-refractivity contribution in [2.45, 2.75) is 30.8 Å². The Bertz CT molecular complexity index is 1290. The number of anilines is 2. The van der Waals surface area contributed by atoms with E-state index in [9.17, 15) is 8.42 Å². The molecule has 0 fully saturated rings. The van der Waals surface area contributed by atoms with Crippen molar-refractivity contribution >= 4 is 33.4 Å². The van der Waals surface area contributed by atoms with Crippen LogP contribution in [0.25, 0.3) is 0 Å². The maximum atomic E-state index is 13.2. The molecule has 0 saturated heterocycles. The van der Waals surface area contributed by atoms with Gasteiger partial charge in [0.2, 0.25) is 16.0 Å². The van der Waals surface area contributed by atoms with Crippen molar-refractivity contribution in [2.75, 3.05) is 37.0 Å². The third-order valence-electron chi connectivity index (χ3n) is 6.28. The van der Waals surface area contributed by atoms with Gasteiger partial charge in [0.1, 0.15) is 5.82 Å². The van der Waals surface area contributed by atoms with E-state index in [2.05, 4.69) is 29.2 Å². The Morgan fingerprint density at radius 2 is 1.64 bits per heavy atom. The summed E-state index contributed by atoms with van der Waals surface area (Å²) in [5.41, 5.74) is 4.47. The van der Waals surface area contributed by atoms with Gasteiger partial charge in [-0.2, -0.15) is 9.29 Å². The molecule has 0 unspecified atom stereocenters. The van der Waals surface area contributed by atoms with Crippen LogP contribution in [0.15, 0.2) is 53.4 Å². The number of benzene rings is 2. The number of nitrogens with zero attached hydrogens (tertiary/aromatic N) is 5. The maximum absolute atomic E-state index is 13.2. The van der Waals surface area contributed by atoms with E-state index in [-0.39, 0.29) is 11.4 Å². The summed E-state index contributed by atoms with van der Waals surface area (Å²) >= 11 is 5.94. The van der Waals surface area contributed by atoms with E-state index in [1.165, 1.54) is 15.4 Å². The topological polar surface area (TPSA) is 69.6 Å². The molecule has 172 valence electrons. The normalized spacial score (nSPS) is 16.3. The molecule has 0 aliphatic carbocycles. The minimum absolute atomic E-state index is 0.242. The molecule has 3 heterocycles. The van der Waals surface area contributed by atoms with E-state index in [4.69, 9.17) is 21.6 Å². The van der Waals surface area contributed by atoms with Crippen LogP contribution in [0.2, 0.25) is 5.02 Å². The molecular weight excluding hydrogens is 458 g/mol. The summed E-state index contributed by atoms with van der Waals surface area (Å²) < 4.78 is 28.0. The van der Waals surface area contributed by atoms with Crippen LogP contribution in [0.4, 0.5) is 11.8 Å². The molecule has 7 nitrogen and oxygen atoms in total. The van der Waals surface area contributed by atoms with Crippen molar-refractivity contribution in [3.63, 3.8) is 0 Å². The summed E-state index contributed by atoms with van der Waals surface area (Å²) in [6.45, 7) is 2.26. The summed E-state index contributed by atoms with van der Waals surface area (Å²) in [6.07, 6.45) is 1.50. The van der Waals surface area contributed by atoms with Crippen LogP contribution in [0, 0.1) is 0 Å². The molecular formula is C24H26ClN5O2S. The van der Waals surface area contributed by atoms with Gasteiger partial charge in [-0.1, -0.05) is 35.9 Å². The summed E-state index contributed by atoms with van der Waals surface area (Å²) in [7, 11) is 0.232. The molecule has 2 aromatic carbocycles. The largest absolute Gasteiger partial charge is 0.362 e. The second-order valence-electron chi connectivity index (χ2n) is 8.65. The van der Waals surface area contributed by atoms with Crippen LogP contribution < -0.4 is 9.80 Å². The van der Waals surface area contributed by atoms with E-state index < -0.39 is 10.0 Å². The highest BCUT2D eigenvalue weighted by atomic mass is 35.5. The van der Waals surface area contributed by atoms with Crippen molar-refractivity contribution in [3.8, 4) is 0 Å². The number of hydrogen-bond donors (Lipinski definition) is 0. The predicted octanol–water partition coefficient (Wildman–Crippen LogP) is 3.51. The van der Waals surface area contributed by atoms with Crippen LogP contribution in [0.3, 0.4) is 0 Å². The van der Waals surface area contributed by atoms with Gasteiger partial charge in [0.25, 0.3) is 0 Å². The number of halogens is 1. The first kappa shape index (κ1) is 22.1. The zero-order chi connectivity index (χ0) is 23.2. The molecule has 2 aliphatic rings. The fraction of sp³-hybridized carbons (Fsp3) is 0.333. The number of rotatable bonds is 4. The monoisotopic (exact) mass is 483 g/mol. The quantitative estimate of drug-likeness (QED) is 0.565. The molecule has 3 aromatic rings. The highest BCUT2D eigenvalue weighted by Crippen LogP contribution is 2.32. The van der Waals surface area contributed by atoms with Crippen LogP contribution in [0.5, 0.6) is 0 Å². The molecule has 33 heavy (non-hydrogen) atoms. The Kier molecular flexibility index (Phi) is 5.76. The van der Waals surface area contributed by atoms with Crippen molar-refractivity contribution in [2.24, 2.45) is 0 Å². The van der Waals surface area contributed by atoms with Crippen LogP contribution >= 0.6 is 11.6 Å². The lowest BCUT2D eigenvalue weighted by atomic mass is 10.0. The zero-order valence-electron chi connectivity index (χ0n) is 18.7. The highest BCUT2D eigenvalue weighted by molar-refractivity contribution is 7.89. The average molecular weight is 484 g/mol. The van der Waals surface area contributed by atoms with Gasteiger partial charge in [-0.3, -0.25) is 0 Å². The fourth-order valence-corrected chi connectivity index (χ4v) is 6.03. The molecule has 9 heteroatoms. The van der Waals surface area contributed by atoms with Gasteiger partial charge in [0.05, 0.1) is 10.6 Å². The summed E-state index contributed by atoms with van der Waals surface area (Å²) in [6, 6.07) is 14.8. The van der Waals surface area contributed by atoms with Crippen molar-refractivity contribution in [1.82, 2.24) is 14.3 Å². The summed E-state index contributed by atoms with van der Waals surface area (Å²) in [5.74, 6) is 1.48. The number of hydrogen-bond acceptors (Lipinski definition) is 6. The van der Waals surface area contributed by atoms with Gasteiger partial charge in [-0.15, -0.1) is 0 Å². The molecule has 1 aromatic heterocycles. The molecule has 0 bridgehead atoms. The summed E-state index contributed by atoms with van der Waals surface area (Å²) in [4.78, 5) is 14.2. The minimum atomic E-state index is -3.64. The van der Waals surface area contributed by atoms with Gasteiger partial charge in [0.15, 0.2) is 0 Å². The Hall–Kier alpha value is -2.68. The lowest BCUT2D eigenvalue weighted by Crippen LogP contribution is -2.38. The van der Waals surface area contributed by atoms with Gasteiger partial charge >= 0.3 is 0 Å². The van der Waals surface area contributed by atoms with E-state index >= 15 is 0 Å². The Morgan fingerprint density at radius 1 is 0.909 bits per heavy atom. The standard InChI is InChI=1S/C24H26ClN5O2S/c1-28(2)23-21-16-30(33(31,32)20-9-7-19(25)8-10-20)14-12-22(21)26-24(27-23)29-13-11-17-5-3-4-6-18(17)15-29/h3-10H,11-16H2,1-2H3. The van der Waals surface area contributed by atoms with Gasteiger partial charge in [-0.05, 0) is 41.8 Å². The van der Waals surface area contributed by atoms with E-state index in [1.54, 1.807) is 24.3 Å². The van der Waals surface area contributed by atoms with Gasteiger partial charge in [0, 0.05) is 57.3 Å². The predicted molar refractivity (Wildman–Crippen MR) is 130 cm³/mol. The highest BCUT2D eigenvalue weighted by Gasteiger charge is 2.32. The van der Waals surface area contributed by atoms with E-state index in [1.807, 2.05) is 19.0 Å². The molecule has 0 saturated carbocycles. The number of aromatic nitrogens is 2. The second-order valence-corrected chi connectivity index (χ2v) is 11.0. The molecule has 0 amide bonds. The van der Waals surface area contributed by atoms with Crippen LogP contribution in [-0.2, 0) is 36.0 Å². The molecule has 0 N–H and O–H groups in total. The van der Waals surface area contributed by atoms with Crippen molar-refractivity contribution in [1.29, 1.82) is 0 Å². The smallest absolute Gasteiger partial charge is 0.243 e. The number of sulfonamides is 1. The molecule has 0 radical (unpaired) electrons. The van der Waals surface area contributed by atoms with Gasteiger partial charge < -0.3 is 9.80 Å². The Morgan fingerprint density at radius 3 is 2.36 bits per heavy atom. The van der Waals surface area contributed by atoms with Gasteiger partial charge in [-0.25, -0.2) is 13.4 Å². The lowest BCUT2D eigenvalue weighted by molar-refractivity contribution is 0.387. The first-order valence-corrected chi connectivity index (χ1v) is 12.8. The Labute approximate surface area is 199 Å². The van der Waals surface area contributed by atoms with Crippen LogP contribution in [-0.4, -0.2) is 49.9 Å². The first-order chi connectivity index (χ1) is 15.8. The SMILES string of the molecule is CN(C)c1nc(N2CCc3ccccc3C2)nc2c1CN(S(=O)(=O)c1ccc(Cl)cc1)CC2. The molecule has 0 atom stereocenters. The van der Waals surface area contributed by atoms with E-state index in [0.29, 0.717) is 23.9 Å². The summed E-state index contributed by atoms with van der Waals surface area (Å²) in [5, 5.41) is 0.508. The molecule has 5 rings (SSSR count). The molecule has 2 aliphatic heterocycles. The van der Waals surface area contributed by atoms with Crippen LogP contribution in [0.1, 0.15) is 22.4 Å². The number of fused-ring (bicyclic) bond motifs is 2. The average Bonchev–Trinajstić information content (AvgIpc) is 2.82. The third-order valence-corrected chi connectivity index (χ3v) is 8.39. The van der Waals surface area contributed by atoms with Crippen molar-refractivity contribution < 1.29 is 8.42 Å². The first-order valence-electron chi connectivity index (χ1n) is 11.0.